The van der Waals surface area contributed by atoms with E-state index in [-0.39, 0.29) is 12.6 Å². The summed E-state index contributed by atoms with van der Waals surface area (Å²) in [6.07, 6.45) is 1.07. The Kier molecular flexibility index (Phi) is 5.55. The minimum atomic E-state index is -3.66. The quantitative estimate of drug-likeness (QED) is 0.817. The normalized spacial score (nSPS) is 14.3. The first-order chi connectivity index (χ1) is 12.8. The Bertz CT molecular complexity index is 915. The van der Waals surface area contributed by atoms with Crippen molar-refractivity contribution < 1.29 is 22.7 Å². The van der Waals surface area contributed by atoms with Gasteiger partial charge < -0.3 is 14.8 Å². The summed E-state index contributed by atoms with van der Waals surface area (Å²) in [4.78, 5) is 12.5. The molecule has 1 atom stereocenters. The Morgan fingerprint density at radius 3 is 2.44 bits per heavy atom. The van der Waals surface area contributed by atoms with Crippen LogP contribution in [0.3, 0.4) is 0 Å². The number of benzene rings is 2. The van der Waals surface area contributed by atoms with Crippen molar-refractivity contribution in [3.63, 3.8) is 0 Å². The fourth-order valence-corrected chi connectivity index (χ4v) is 3.68. The average molecular weight is 390 g/mol. The number of amides is 1. The largest absolute Gasteiger partial charge is 0.486 e. The predicted molar refractivity (Wildman–Crippen MR) is 103 cm³/mol. The van der Waals surface area contributed by atoms with Gasteiger partial charge in [-0.05, 0) is 24.6 Å². The van der Waals surface area contributed by atoms with Gasteiger partial charge in [0.1, 0.15) is 19.8 Å². The van der Waals surface area contributed by atoms with E-state index in [1.54, 1.807) is 18.2 Å². The summed E-state index contributed by atoms with van der Waals surface area (Å²) >= 11 is 0. The monoisotopic (exact) mass is 390 g/mol. The summed E-state index contributed by atoms with van der Waals surface area (Å²) in [5.74, 6) is 0.623. The molecule has 0 aromatic heterocycles. The minimum Gasteiger partial charge on any atom is -0.486 e. The lowest BCUT2D eigenvalue weighted by Crippen LogP contribution is -2.41. The van der Waals surface area contributed by atoms with E-state index >= 15 is 0 Å². The number of anilines is 1. The van der Waals surface area contributed by atoms with Crippen molar-refractivity contribution in [2.24, 2.45) is 0 Å². The highest BCUT2D eigenvalue weighted by molar-refractivity contribution is 7.92. The average Bonchev–Trinajstić information content (AvgIpc) is 2.65. The molecule has 27 heavy (non-hydrogen) atoms. The van der Waals surface area contributed by atoms with Crippen molar-refractivity contribution in [1.82, 2.24) is 5.32 Å². The van der Waals surface area contributed by atoms with Gasteiger partial charge in [0.25, 0.3) is 0 Å². The molecule has 144 valence electrons. The van der Waals surface area contributed by atoms with Crippen molar-refractivity contribution in [3.8, 4) is 11.5 Å². The lowest BCUT2D eigenvalue weighted by Gasteiger charge is -2.25. The standard InChI is InChI=1S/C19H22N2O5S/c1-14(15-6-4-3-5-7-15)20-19(22)13-21(27(2,23)24)16-8-9-17-18(12-16)26-11-10-25-17/h3-9,12,14H,10-11,13H2,1-2H3,(H,20,22)/t14-/m1/s1. The topological polar surface area (TPSA) is 84.9 Å². The molecule has 0 unspecified atom stereocenters. The second-order valence-corrected chi connectivity index (χ2v) is 8.20. The number of nitrogens with one attached hydrogen (secondary N) is 1. The molecule has 0 radical (unpaired) electrons. The number of rotatable bonds is 6. The molecular formula is C19H22N2O5S. The number of carbonyl (C=O) groups excluding carboxylic acids is 1. The summed E-state index contributed by atoms with van der Waals surface area (Å²) in [6.45, 7) is 2.37. The molecule has 8 heteroatoms. The molecule has 1 N–H and O–H groups in total. The van der Waals surface area contributed by atoms with Crippen LogP contribution >= 0.6 is 0 Å². The summed E-state index contributed by atoms with van der Waals surface area (Å²) < 4.78 is 36.5. The molecule has 1 aliphatic heterocycles. The van der Waals surface area contributed by atoms with Gasteiger partial charge in [0, 0.05) is 6.07 Å². The zero-order valence-corrected chi connectivity index (χ0v) is 16.0. The third kappa shape index (κ3) is 4.71. The van der Waals surface area contributed by atoms with E-state index in [4.69, 9.17) is 9.47 Å². The Morgan fingerprint density at radius 1 is 1.11 bits per heavy atom. The van der Waals surface area contributed by atoms with Crippen molar-refractivity contribution in [3.05, 3.63) is 54.1 Å². The van der Waals surface area contributed by atoms with Gasteiger partial charge in [-0.1, -0.05) is 30.3 Å². The van der Waals surface area contributed by atoms with Gasteiger partial charge in [-0.3, -0.25) is 9.10 Å². The molecule has 1 heterocycles. The second kappa shape index (κ2) is 7.87. The van der Waals surface area contributed by atoms with Gasteiger partial charge in [0.15, 0.2) is 11.5 Å². The van der Waals surface area contributed by atoms with Crippen LogP contribution in [0.25, 0.3) is 0 Å². The highest BCUT2D eigenvalue weighted by Gasteiger charge is 2.24. The van der Waals surface area contributed by atoms with Crippen molar-refractivity contribution >= 4 is 21.6 Å². The SMILES string of the molecule is C[C@@H](NC(=O)CN(c1ccc2c(c1)OCCO2)S(C)(=O)=O)c1ccccc1. The van der Waals surface area contributed by atoms with Gasteiger partial charge in [0.05, 0.1) is 18.0 Å². The Hall–Kier alpha value is -2.74. The van der Waals surface area contributed by atoms with Crippen LogP contribution < -0.4 is 19.1 Å². The number of sulfonamides is 1. The molecule has 2 aromatic carbocycles. The van der Waals surface area contributed by atoms with E-state index in [0.29, 0.717) is 30.4 Å². The molecule has 0 bridgehead atoms. The third-order valence-corrected chi connectivity index (χ3v) is 5.32. The third-order valence-electron chi connectivity index (χ3n) is 4.18. The van der Waals surface area contributed by atoms with E-state index in [9.17, 15) is 13.2 Å². The molecule has 0 saturated carbocycles. The van der Waals surface area contributed by atoms with Crippen molar-refractivity contribution in [2.75, 3.05) is 30.3 Å². The van der Waals surface area contributed by atoms with Crippen LogP contribution in [0.4, 0.5) is 5.69 Å². The fourth-order valence-electron chi connectivity index (χ4n) is 2.83. The Morgan fingerprint density at radius 2 is 1.78 bits per heavy atom. The first kappa shape index (κ1) is 19.0. The first-order valence-corrected chi connectivity index (χ1v) is 10.4. The van der Waals surface area contributed by atoms with Crippen LogP contribution in [-0.4, -0.2) is 40.3 Å². The Balaban J connectivity index is 1.77. The van der Waals surface area contributed by atoms with Gasteiger partial charge in [0.2, 0.25) is 15.9 Å². The van der Waals surface area contributed by atoms with E-state index in [0.717, 1.165) is 16.1 Å². The smallest absolute Gasteiger partial charge is 0.241 e. The summed E-state index contributed by atoms with van der Waals surface area (Å²) in [5, 5.41) is 2.83. The molecule has 0 spiro atoms. The van der Waals surface area contributed by atoms with Crippen LogP contribution in [0, 0.1) is 0 Å². The van der Waals surface area contributed by atoms with Gasteiger partial charge in [-0.15, -0.1) is 0 Å². The van der Waals surface area contributed by atoms with Crippen LogP contribution in [0.5, 0.6) is 11.5 Å². The molecule has 0 fully saturated rings. The summed E-state index contributed by atoms with van der Waals surface area (Å²) in [5.41, 5.74) is 1.29. The second-order valence-electron chi connectivity index (χ2n) is 6.30. The van der Waals surface area contributed by atoms with E-state index in [1.165, 1.54) is 0 Å². The molecule has 2 aromatic rings. The van der Waals surface area contributed by atoms with Crippen LogP contribution in [0.1, 0.15) is 18.5 Å². The maximum atomic E-state index is 12.5. The summed E-state index contributed by atoms with van der Waals surface area (Å²) in [7, 11) is -3.66. The van der Waals surface area contributed by atoms with E-state index < -0.39 is 15.9 Å². The number of carbonyl (C=O) groups is 1. The number of ether oxygens (including phenoxy) is 2. The number of hydrogen-bond acceptors (Lipinski definition) is 5. The first-order valence-electron chi connectivity index (χ1n) is 8.56. The zero-order valence-electron chi connectivity index (χ0n) is 15.2. The van der Waals surface area contributed by atoms with E-state index in [2.05, 4.69) is 5.32 Å². The van der Waals surface area contributed by atoms with E-state index in [1.807, 2.05) is 37.3 Å². The Labute approximate surface area is 158 Å². The number of hydrogen-bond donors (Lipinski definition) is 1. The lowest BCUT2D eigenvalue weighted by molar-refractivity contribution is -0.120. The molecule has 0 aliphatic carbocycles. The highest BCUT2D eigenvalue weighted by atomic mass is 32.2. The van der Waals surface area contributed by atoms with Crippen LogP contribution in [-0.2, 0) is 14.8 Å². The van der Waals surface area contributed by atoms with Crippen LogP contribution in [0.15, 0.2) is 48.5 Å². The zero-order chi connectivity index (χ0) is 19.4. The van der Waals surface area contributed by atoms with Crippen molar-refractivity contribution in [1.29, 1.82) is 0 Å². The molecule has 1 aliphatic rings. The lowest BCUT2D eigenvalue weighted by atomic mass is 10.1. The maximum Gasteiger partial charge on any atom is 0.241 e. The number of fused-ring (bicyclic) bond motifs is 1. The molecule has 0 saturated heterocycles. The van der Waals surface area contributed by atoms with Gasteiger partial charge in [-0.25, -0.2) is 8.42 Å². The molecule has 3 rings (SSSR count). The van der Waals surface area contributed by atoms with Crippen molar-refractivity contribution in [2.45, 2.75) is 13.0 Å². The number of nitrogens with zero attached hydrogens (tertiary/aromatic N) is 1. The highest BCUT2D eigenvalue weighted by Crippen LogP contribution is 2.34. The fraction of sp³-hybridized carbons (Fsp3) is 0.316. The van der Waals surface area contributed by atoms with Gasteiger partial charge >= 0.3 is 0 Å². The maximum absolute atomic E-state index is 12.5. The molecule has 1 amide bonds. The molecular weight excluding hydrogens is 368 g/mol. The summed E-state index contributed by atoms with van der Waals surface area (Å²) in [6, 6.07) is 14.1. The van der Waals surface area contributed by atoms with Gasteiger partial charge in [-0.2, -0.15) is 0 Å². The van der Waals surface area contributed by atoms with Crippen LogP contribution in [0.2, 0.25) is 0 Å². The minimum absolute atomic E-state index is 0.236. The molecule has 7 nitrogen and oxygen atoms in total. The predicted octanol–water partition coefficient (Wildman–Crippen LogP) is 2.10.